The first-order valence-corrected chi connectivity index (χ1v) is 11.5. The normalized spacial score (nSPS) is 14.8. The summed E-state index contributed by atoms with van der Waals surface area (Å²) in [5, 5.41) is 8.64. The fourth-order valence-corrected chi connectivity index (χ4v) is 5.12. The third-order valence-electron chi connectivity index (χ3n) is 5.73. The molecule has 2 amide bonds. The number of para-hydroxylation sites is 1. The molecule has 3 heterocycles. The van der Waals surface area contributed by atoms with Crippen LogP contribution in [0.15, 0.2) is 36.4 Å². The predicted octanol–water partition coefficient (Wildman–Crippen LogP) is 3.40. The van der Waals surface area contributed by atoms with Crippen molar-refractivity contribution < 1.29 is 14.3 Å². The van der Waals surface area contributed by atoms with Crippen LogP contribution in [0.1, 0.15) is 34.6 Å². The summed E-state index contributed by atoms with van der Waals surface area (Å²) in [4.78, 5) is 29.1. The fourth-order valence-electron chi connectivity index (χ4n) is 3.97. The van der Waals surface area contributed by atoms with Gasteiger partial charge in [0.2, 0.25) is 5.91 Å². The van der Waals surface area contributed by atoms with Crippen LogP contribution < -0.4 is 5.32 Å². The second-order valence-corrected chi connectivity index (χ2v) is 8.90. The van der Waals surface area contributed by atoms with Crippen molar-refractivity contribution in [3.63, 3.8) is 0 Å². The average molecular weight is 441 g/mol. The van der Waals surface area contributed by atoms with E-state index in [4.69, 9.17) is 4.74 Å². The average Bonchev–Trinajstić information content (AvgIpc) is 3.37. The molecule has 2 aromatic heterocycles. The number of amides is 2. The zero-order valence-corrected chi connectivity index (χ0v) is 18.8. The van der Waals surface area contributed by atoms with Gasteiger partial charge in [-0.15, -0.1) is 11.3 Å². The molecular weight excluding hydrogens is 412 g/mol. The molecule has 164 valence electrons. The predicted molar refractivity (Wildman–Crippen MR) is 122 cm³/mol. The van der Waals surface area contributed by atoms with Crippen LogP contribution >= 0.6 is 11.3 Å². The number of nitrogens with one attached hydrogen (secondary N) is 1. The molecule has 0 saturated carbocycles. The number of likely N-dealkylation sites (tertiary alicyclic amines) is 1. The summed E-state index contributed by atoms with van der Waals surface area (Å²) in [5.74, 6) is 0.102. The van der Waals surface area contributed by atoms with Crippen molar-refractivity contribution in [2.45, 2.75) is 26.2 Å². The van der Waals surface area contributed by atoms with E-state index in [0.717, 1.165) is 32.9 Å². The molecule has 7 nitrogen and oxygen atoms in total. The number of aromatic nitrogens is 2. The topological polar surface area (TPSA) is 76.5 Å². The van der Waals surface area contributed by atoms with Gasteiger partial charge < -0.3 is 15.0 Å². The van der Waals surface area contributed by atoms with Crippen LogP contribution in [0.3, 0.4) is 0 Å². The number of carbonyl (C=O) groups excluding carboxylic acids is 2. The Balaban J connectivity index is 1.41. The molecule has 4 rings (SSSR count). The standard InChI is InChI=1S/C23H28N4O3S/c1-16-19-15-20(31-23(19)27(25-16)18-7-4-3-5-8-18)22(29)26-12-9-17(10-13-26)21(28)24-11-6-14-30-2/h3-5,7-8,15,17H,6,9-14H2,1-2H3,(H,24,28). The van der Waals surface area contributed by atoms with Crippen molar-refractivity contribution in [1.82, 2.24) is 20.0 Å². The molecule has 0 spiro atoms. The molecule has 31 heavy (non-hydrogen) atoms. The third kappa shape index (κ3) is 4.65. The number of aryl methyl sites for hydroxylation is 1. The Bertz CT molecular complexity index is 1050. The van der Waals surface area contributed by atoms with E-state index in [1.54, 1.807) is 7.11 Å². The third-order valence-corrected chi connectivity index (χ3v) is 6.83. The molecule has 0 unspecified atom stereocenters. The molecule has 1 aromatic carbocycles. The van der Waals surface area contributed by atoms with Crippen molar-refractivity contribution in [3.8, 4) is 5.69 Å². The number of ether oxygens (including phenoxy) is 1. The van der Waals surface area contributed by atoms with E-state index in [1.165, 1.54) is 11.3 Å². The molecule has 0 bridgehead atoms. The highest BCUT2D eigenvalue weighted by Gasteiger charge is 2.29. The first kappa shape index (κ1) is 21.5. The summed E-state index contributed by atoms with van der Waals surface area (Å²) < 4.78 is 6.92. The summed E-state index contributed by atoms with van der Waals surface area (Å²) in [7, 11) is 1.66. The summed E-state index contributed by atoms with van der Waals surface area (Å²) in [5.41, 5.74) is 1.90. The van der Waals surface area contributed by atoms with Crippen molar-refractivity contribution in [2.75, 3.05) is 33.4 Å². The van der Waals surface area contributed by atoms with Crippen LogP contribution in [-0.4, -0.2) is 59.8 Å². The maximum Gasteiger partial charge on any atom is 0.264 e. The van der Waals surface area contributed by atoms with Gasteiger partial charge in [-0.05, 0) is 44.4 Å². The van der Waals surface area contributed by atoms with E-state index in [0.29, 0.717) is 39.1 Å². The number of hydrogen-bond donors (Lipinski definition) is 1. The molecule has 1 N–H and O–H groups in total. The zero-order chi connectivity index (χ0) is 21.8. The number of hydrogen-bond acceptors (Lipinski definition) is 5. The maximum atomic E-state index is 13.1. The summed E-state index contributed by atoms with van der Waals surface area (Å²) >= 11 is 1.48. The quantitative estimate of drug-likeness (QED) is 0.572. The van der Waals surface area contributed by atoms with Crippen LogP contribution in [0, 0.1) is 12.8 Å². The lowest BCUT2D eigenvalue weighted by Gasteiger charge is -2.31. The van der Waals surface area contributed by atoms with Gasteiger partial charge in [-0.25, -0.2) is 4.68 Å². The molecular formula is C23H28N4O3S. The second kappa shape index (κ2) is 9.62. The van der Waals surface area contributed by atoms with E-state index in [9.17, 15) is 9.59 Å². The fraction of sp³-hybridized carbons (Fsp3) is 0.435. The van der Waals surface area contributed by atoms with E-state index in [1.807, 2.05) is 52.9 Å². The summed E-state index contributed by atoms with van der Waals surface area (Å²) in [6.07, 6.45) is 2.21. The Hall–Kier alpha value is -2.71. The SMILES string of the molecule is COCCCNC(=O)C1CCN(C(=O)c2cc3c(C)nn(-c4ccccc4)c3s2)CC1. The van der Waals surface area contributed by atoms with E-state index in [2.05, 4.69) is 10.4 Å². The number of benzene rings is 1. The monoisotopic (exact) mass is 440 g/mol. The van der Waals surface area contributed by atoms with Gasteiger partial charge in [-0.1, -0.05) is 18.2 Å². The number of carbonyl (C=O) groups is 2. The van der Waals surface area contributed by atoms with Gasteiger partial charge in [-0.2, -0.15) is 5.10 Å². The van der Waals surface area contributed by atoms with Crippen molar-refractivity contribution in [1.29, 1.82) is 0 Å². The van der Waals surface area contributed by atoms with Crippen molar-refractivity contribution >= 4 is 33.4 Å². The second-order valence-electron chi connectivity index (χ2n) is 7.87. The van der Waals surface area contributed by atoms with Gasteiger partial charge >= 0.3 is 0 Å². The van der Waals surface area contributed by atoms with Gasteiger partial charge in [0.15, 0.2) is 0 Å². The number of thiophene rings is 1. The largest absolute Gasteiger partial charge is 0.385 e. The van der Waals surface area contributed by atoms with Crippen LogP contribution in [0.4, 0.5) is 0 Å². The number of rotatable bonds is 7. The Morgan fingerprint density at radius 2 is 1.97 bits per heavy atom. The number of methoxy groups -OCH3 is 1. The van der Waals surface area contributed by atoms with Gasteiger partial charge in [0.1, 0.15) is 4.83 Å². The highest BCUT2D eigenvalue weighted by Crippen LogP contribution is 2.32. The Morgan fingerprint density at radius 1 is 1.23 bits per heavy atom. The minimum atomic E-state index is -0.0251. The van der Waals surface area contributed by atoms with E-state index >= 15 is 0 Å². The first-order valence-electron chi connectivity index (χ1n) is 10.7. The van der Waals surface area contributed by atoms with Crippen molar-refractivity contribution in [2.24, 2.45) is 5.92 Å². The molecule has 1 aliphatic heterocycles. The van der Waals surface area contributed by atoms with E-state index < -0.39 is 0 Å². The number of fused-ring (bicyclic) bond motifs is 1. The number of nitrogens with zero attached hydrogens (tertiary/aromatic N) is 3. The molecule has 1 aliphatic rings. The van der Waals surface area contributed by atoms with Crippen LogP contribution in [-0.2, 0) is 9.53 Å². The molecule has 0 radical (unpaired) electrons. The van der Waals surface area contributed by atoms with Crippen LogP contribution in [0.5, 0.6) is 0 Å². The zero-order valence-electron chi connectivity index (χ0n) is 18.0. The van der Waals surface area contributed by atoms with Gasteiger partial charge in [0.05, 0.1) is 16.3 Å². The summed E-state index contributed by atoms with van der Waals surface area (Å²) in [6, 6.07) is 11.9. The minimum Gasteiger partial charge on any atom is -0.385 e. The maximum absolute atomic E-state index is 13.1. The minimum absolute atomic E-state index is 0.0251. The lowest BCUT2D eigenvalue weighted by atomic mass is 9.95. The molecule has 1 saturated heterocycles. The first-order chi connectivity index (χ1) is 15.1. The molecule has 1 fully saturated rings. The Morgan fingerprint density at radius 3 is 2.68 bits per heavy atom. The van der Waals surface area contributed by atoms with E-state index in [-0.39, 0.29) is 17.7 Å². The lowest BCUT2D eigenvalue weighted by molar-refractivity contribution is -0.126. The van der Waals surface area contributed by atoms with Crippen LogP contribution in [0.2, 0.25) is 0 Å². The van der Waals surface area contributed by atoms with Gasteiger partial charge in [0, 0.05) is 44.7 Å². The Labute approximate surface area is 186 Å². The highest BCUT2D eigenvalue weighted by molar-refractivity contribution is 7.20. The molecule has 3 aromatic rings. The van der Waals surface area contributed by atoms with Crippen molar-refractivity contribution in [3.05, 3.63) is 47.0 Å². The molecule has 8 heteroatoms. The molecule has 0 aliphatic carbocycles. The lowest BCUT2D eigenvalue weighted by Crippen LogP contribution is -2.43. The summed E-state index contributed by atoms with van der Waals surface area (Å²) in [6.45, 7) is 4.45. The smallest absolute Gasteiger partial charge is 0.264 e. The number of piperidine rings is 1. The highest BCUT2D eigenvalue weighted by atomic mass is 32.1. The van der Waals surface area contributed by atoms with Gasteiger partial charge in [-0.3, -0.25) is 9.59 Å². The van der Waals surface area contributed by atoms with Gasteiger partial charge in [0.25, 0.3) is 5.91 Å². The molecule has 0 atom stereocenters. The Kier molecular flexibility index (Phi) is 6.67. The van der Waals surface area contributed by atoms with Crippen LogP contribution in [0.25, 0.3) is 15.9 Å².